The van der Waals surface area contributed by atoms with Crippen LogP contribution in [0.2, 0.25) is 0 Å². The lowest BCUT2D eigenvalue weighted by atomic mass is 10.1. The van der Waals surface area contributed by atoms with E-state index < -0.39 is 0 Å². The average Bonchev–Trinajstić information content (AvgIpc) is 3.16. The van der Waals surface area contributed by atoms with Gasteiger partial charge in [0.25, 0.3) is 0 Å². The number of piperidine rings is 1. The van der Waals surface area contributed by atoms with Crippen LogP contribution in [0.15, 0.2) is 55.2 Å². The highest BCUT2D eigenvalue weighted by Gasteiger charge is 2.14. The fourth-order valence-corrected chi connectivity index (χ4v) is 3.17. The molecule has 3 heterocycles. The van der Waals surface area contributed by atoms with Crippen molar-refractivity contribution in [2.45, 2.75) is 25.4 Å². The molecule has 1 atom stereocenters. The average molecular weight is 334 g/mol. The lowest BCUT2D eigenvalue weighted by molar-refractivity contribution is 0.478. The maximum Gasteiger partial charge on any atom is 0.223 e. The van der Waals surface area contributed by atoms with Crippen molar-refractivity contribution in [3.05, 3.63) is 60.8 Å². The van der Waals surface area contributed by atoms with E-state index >= 15 is 0 Å². The topological polar surface area (TPSA) is 67.7 Å². The fourth-order valence-electron chi connectivity index (χ4n) is 3.17. The fraction of sp³-hybridized carbons (Fsp3) is 0.316. The lowest BCUT2D eigenvalue weighted by Crippen LogP contribution is -2.38. The first-order valence-electron chi connectivity index (χ1n) is 8.72. The molecule has 25 heavy (non-hydrogen) atoms. The molecular weight excluding hydrogens is 312 g/mol. The van der Waals surface area contributed by atoms with Gasteiger partial charge < -0.3 is 15.2 Å². The molecule has 1 aliphatic heterocycles. The zero-order valence-corrected chi connectivity index (χ0v) is 14.1. The monoisotopic (exact) mass is 334 g/mol. The van der Waals surface area contributed by atoms with Crippen molar-refractivity contribution in [3.63, 3.8) is 0 Å². The van der Waals surface area contributed by atoms with Gasteiger partial charge in [-0.1, -0.05) is 18.2 Å². The Labute approximate surface area is 147 Å². The molecule has 6 heteroatoms. The Morgan fingerprint density at radius 1 is 1.24 bits per heavy atom. The van der Waals surface area contributed by atoms with Crippen molar-refractivity contribution in [2.24, 2.45) is 0 Å². The third kappa shape index (κ3) is 4.03. The smallest absolute Gasteiger partial charge is 0.223 e. The van der Waals surface area contributed by atoms with Gasteiger partial charge in [0.1, 0.15) is 0 Å². The number of benzene rings is 1. The van der Waals surface area contributed by atoms with E-state index in [2.05, 4.69) is 49.4 Å². The summed E-state index contributed by atoms with van der Waals surface area (Å²) in [4.78, 5) is 13.2. The van der Waals surface area contributed by atoms with Crippen molar-refractivity contribution in [2.75, 3.05) is 18.4 Å². The SMILES string of the molecule is c1cc(Cn2ccnc2)cc(-c2ccnc(NC3CCCNC3)n2)c1. The summed E-state index contributed by atoms with van der Waals surface area (Å²) in [5, 5.41) is 6.85. The van der Waals surface area contributed by atoms with Gasteiger partial charge in [0.2, 0.25) is 5.95 Å². The maximum atomic E-state index is 4.71. The van der Waals surface area contributed by atoms with Gasteiger partial charge in [-0.3, -0.25) is 0 Å². The first kappa shape index (κ1) is 15.8. The third-order valence-corrected chi connectivity index (χ3v) is 4.43. The van der Waals surface area contributed by atoms with Gasteiger partial charge in [0.05, 0.1) is 12.0 Å². The number of nitrogens with one attached hydrogen (secondary N) is 2. The molecule has 128 valence electrons. The minimum atomic E-state index is 0.400. The molecule has 2 N–H and O–H groups in total. The molecule has 1 saturated heterocycles. The van der Waals surface area contributed by atoms with Gasteiger partial charge >= 0.3 is 0 Å². The summed E-state index contributed by atoms with van der Waals surface area (Å²) in [6.07, 6.45) is 9.76. The van der Waals surface area contributed by atoms with Crippen LogP contribution in [0.1, 0.15) is 18.4 Å². The van der Waals surface area contributed by atoms with Crippen LogP contribution in [0.5, 0.6) is 0 Å². The predicted octanol–water partition coefficient (Wildman–Crippen LogP) is 2.55. The van der Waals surface area contributed by atoms with Crippen LogP contribution in [-0.2, 0) is 6.54 Å². The van der Waals surface area contributed by atoms with Gasteiger partial charge in [-0.2, -0.15) is 0 Å². The van der Waals surface area contributed by atoms with Crippen molar-refractivity contribution in [3.8, 4) is 11.3 Å². The third-order valence-electron chi connectivity index (χ3n) is 4.43. The quantitative estimate of drug-likeness (QED) is 0.750. The minimum absolute atomic E-state index is 0.400. The largest absolute Gasteiger partial charge is 0.350 e. The van der Waals surface area contributed by atoms with Crippen molar-refractivity contribution >= 4 is 5.95 Å². The Hall–Kier alpha value is -2.73. The first-order chi connectivity index (χ1) is 12.4. The standard InChI is InChI=1S/C19H22N6/c1-3-15(13-25-10-9-21-14-25)11-16(4-1)18-6-8-22-19(24-18)23-17-5-2-7-20-12-17/h1,3-4,6,8-11,14,17,20H,2,5,7,12-13H2,(H,22,23,24). The van der Waals surface area contributed by atoms with E-state index in [1.807, 2.05) is 24.8 Å². The highest BCUT2D eigenvalue weighted by Crippen LogP contribution is 2.20. The number of rotatable bonds is 5. The van der Waals surface area contributed by atoms with Gasteiger partial charge in [-0.15, -0.1) is 0 Å². The van der Waals surface area contributed by atoms with Crippen molar-refractivity contribution in [1.82, 2.24) is 24.8 Å². The molecule has 1 aromatic carbocycles. The van der Waals surface area contributed by atoms with E-state index in [-0.39, 0.29) is 0 Å². The van der Waals surface area contributed by atoms with Crippen molar-refractivity contribution < 1.29 is 0 Å². The second-order valence-electron chi connectivity index (χ2n) is 6.39. The zero-order valence-electron chi connectivity index (χ0n) is 14.1. The van der Waals surface area contributed by atoms with E-state index in [0.29, 0.717) is 12.0 Å². The number of hydrogen-bond acceptors (Lipinski definition) is 5. The molecule has 4 rings (SSSR count). The zero-order chi connectivity index (χ0) is 16.9. The van der Waals surface area contributed by atoms with Crippen molar-refractivity contribution in [1.29, 1.82) is 0 Å². The summed E-state index contributed by atoms with van der Waals surface area (Å²) >= 11 is 0. The normalized spacial score (nSPS) is 17.4. The summed E-state index contributed by atoms with van der Waals surface area (Å²) < 4.78 is 2.06. The molecule has 1 unspecified atom stereocenters. The van der Waals surface area contributed by atoms with Gasteiger partial charge in [0, 0.05) is 43.3 Å². The highest BCUT2D eigenvalue weighted by molar-refractivity contribution is 5.61. The number of aromatic nitrogens is 4. The van der Waals surface area contributed by atoms with Crippen LogP contribution in [-0.4, -0.2) is 38.7 Å². The summed E-state index contributed by atoms with van der Waals surface area (Å²) in [5.41, 5.74) is 3.26. The molecule has 6 nitrogen and oxygen atoms in total. The van der Waals surface area contributed by atoms with Gasteiger partial charge in [-0.25, -0.2) is 15.0 Å². The van der Waals surface area contributed by atoms with E-state index in [4.69, 9.17) is 4.98 Å². The number of imidazole rings is 1. The molecule has 0 spiro atoms. The Morgan fingerprint density at radius 3 is 3.08 bits per heavy atom. The Bertz CT molecular complexity index is 808. The van der Waals surface area contributed by atoms with Gasteiger partial charge in [-0.05, 0) is 37.1 Å². The summed E-state index contributed by atoms with van der Waals surface area (Å²) in [7, 11) is 0. The number of anilines is 1. The summed E-state index contributed by atoms with van der Waals surface area (Å²) in [6, 6.07) is 10.8. The Balaban J connectivity index is 1.52. The highest BCUT2D eigenvalue weighted by atomic mass is 15.1. The second kappa shape index (κ2) is 7.44. The van der Waals surface area contributed by atoms with E-state index in [1.54, 1.807) is 6.20 Å². The van der Waals surface area contributed by atoms with Crippen LogP contribution in [0.4, 0.5) is 5.95 Å². The van der Waals surface area contributed by atoms with Crippen LogP contribution in [0.3, 0.4) is 0 Å². The molecule has 3 aromatic rings. The molecule has 0 bridgehead atoms. The first-order valence-corrected chi connectivity index (χ1v) is 8.72. The lowest BCUT2D eigenvalue weighted by Gasteiger charge is -2.23. The molecule has 1 fully saturated rings. The van der Waals surface area contributed by atoms with E-state index in [1.165, 1.54) is 12.0 Å². The minimum Gasteiger partial charge on any atom is -0.350 e. The molecular formula is C19H22N6. The van der Waals surface area contributed by atoms with Gasteiger partial charge in [0.15, 0.2) is 0 Å². The summed E-state index contributed by atoms with van der Waals surface area (Å²) in [6.45, 7) is 2.87. The number of hydrogen-bond donors (Lipinski definition) is 2. The van der Waals surface area contributed by atoms with Crippen LogP contribution >= 0.6 is 0 Å². The molecule has 0 amide bonds. The Morgan fingerprint density at radius 2 is 2.24 bits per heavy atom. The summed E-state index contributed by atoms with van der Waals surface area (Å²) in [5.74, 6) is 0.700. The van der Waals surface area contributed by atoms with Crippen LogP contribution in [0, 0.1) is 0 Å². The molecule has 2 aromatic heterocycles. The van der Waals surface area contributed by atoms with E-state index in [0.717, 1.165) is 37.3 Å². The Kier molecular flexibility index (Phi) is 4.70. The maximum absolute atomic E-state index is 4.71. The second-order valence-corrected chi connectivity index (χ2v) is 6.39. The van der Waals surface area contributed by atoms with Crippen LogP contribution in [0.25, 0.3) is 11.3 Å². The van der Waals surface area contributed by atoms with E-state index in [9.17, 15) is 0 Å². The molecule has 0 radical (unpaired) electrons. The van der Waals surface area contributed by atoms with Crippen LogP contribution < -0.4 is 10.6 Å². The molecule has 0 saturated carbocycles. The number of nitrogens with zero attached hydrogens (tertiary/aromatic N) is 4. The molecule has 1 aliphatic rings. The molecule has 0 aliphatic carbocycles. The predicted molar refractivity (Wildman–Crippen MR) is 98.3 cm³/mol.